The number of anilines is 3. The first-order chi connectivity index (χ1) is 16.7. The molecule has 2 unspecified atom stereocenters. The summed E-state index contributed by atoms with van der Waals surface area (Å²) in [4.78, 5) is 21.9. The molecule has 2 aliphatic heterocycles. The minimum Gasteiger partial charge on any atom is -0.399 e. The number of carbonyl (C=O) groups excluding carboxylic acids is 1. The maximum Gasteiger partial charge on any atom is 0.232 e. The lowest BCUT2D eigenvalue weighted by molar-refractivity contribution is -0.122. The lowest BCUT2D eigenvalue weighted by Gasteiger charge is -2.24. The zero-order valence-corrected chi connectivity index (χ0v) is 20.7. The number of benzene rings is 2. The van der Waals surface area contributed by atoms with E-state index in [4.69, 9.17) is 5.73 Å². The molecular weight excluding hydrogens is 436 g/mol. The predicted molar refractivity (Wildman–Crippen MR) is 141 cm³/mol. The highest BCUT2D eigenvalue weighted by Crippen LogP contribution is 2.43. The molecule has 2 aliphatic rings. The lowest BCUT2D eigenvalue weighted by atomic mass is 9.85. The van der Waals surface area contributed by atoms with Crippen molar-refractivity contribution in [2.45, 2.75) is 51.7 Å². The van der Waals surface area contributed by atoms with Crippen LogP contribution in [-0.4, -0.2) is 35.3 Å². The number of nitrogens with zero attached hydrogens (tertiary/aromatic N) is 3. The van der Waals surface area contributed by atoms with Crippen LogP contribution in [0.5, 0.6) is 0 Å². The number of hydrogen-bond acceptors (Lipinski definition) is 5. The van der Waals surface area contributed by atoms with E-state index in [9.17, 15) is 9.90 Å². The molecular formula is C29H34N4O2. The van der Waals surface area contributed by atoms with Crippen LogP contribution in [0.3, 0.4) is 0 Å². The molecule has 2 atom stereocenters. The van der Waals surface area contributed by atoms with E-state index in [0.29, 0.717) is 25.2 Å². The van der Waals surface area contributed by atoms with Gasteiger partial charge in [-0.1, -0.05) is 38.1 Å². The topological polar surface area (TPSA) is 82.7 Å². The van der Waals surface area contributed by atoms with Crippen molar-refractivity contribution in [3.63, 3.8) is 0 Å². The third-order valence-electron chi connectivity index (χ3n) is 7.40. The van der Waals surface area contributed by atoms with Gasteiger partial charge in [0.05, 0.1) is 5.92 Å². The number of aromatic nitrogens is 1. The van der Waals surface area contributed by atoms with E-state index in [-0.39, 0.29) is 17.2 Å². The number of carbonyl (C=O) groups is 1. The second-order valence-electron chi connectivity index (χ2n) is 10.6. The standard InChI is InChI=1S/C29H34N4O2/c1-19-7-8-21(16-31-19)10-9-20-11-12-26-25(13-20)29(2,3)18-33(26)28(35)22-14-27(34)32(17-22)24-6-4-5-23(30)15-24/h4-8,11-13,15-16,22,27,34H,9-10,14,17-18,30H2,1-3H3. The van der Waals surface area contributed by atoms with Crippen molar-refractivity contribution in [3.05, 3.63) is 83.2 Å². The van der Waals surface area contributed by atoms with E-state index in [1.54, 1.807) is 0 Å². The van der Waals surface area contributed by atoms with Gasteiger partial charge in [0.15, 0.2) is 0 Å². The molecule has 1 fully saturated rings. The summed E-state index contributed by atoms with van der Waals surface area (Å²) in [6.45, 7) is 7.54. The van der Waals surface area contributed by atoms with E-state index in [1.807, 2.05) is 47.2 Å². The molecule has 0 saturated carbocycles. The molecule has 1 saturated heterocycles. The first-order valence-electron chi connectivity index (χ1n) is 12.4. The van der Waals surface area contributed by atoms with Gasteiger partial charge >= 0.3 is 0 Å². The number of aryl methyl sites for hydroxylation is 3. The molecule has 0 bridgehead atoms. The Morgan fingerprint density at radius 3 is 2.63 bits per heavy atom. The van der Waals surface area contributed by atoms with Gasteiger partial charge in [-0.15, -0.1) is 0 Å². The Kier molecular flexibility index (Phi) is 6.01. The van der Waals surface area contributed by atoms with Crippen molar-refractivity contribution in [3.8, 4) is 0 Å². The Labute approximate surface area is 207 Å². The molecule has 6 nitrogen and oxygen atoms in total. The summed E-state index contributed by atoms with van der Waals surface area (Å²) in [5.74, 6) is -0.178. The number of hydrogen-bond donors (Lipinski definition) is 2. The highest BCUT2D eigenvalue weighted by Gasteiger charge is 2.43. The van der Waals surface area contributed by atoms with E-state index >= 15 is 0 Å². The van der Waals surface area contributed by atoms with Gasteiger partial charge in [0.1, 0.15) is 6.23 Å². The Morgan fingerprint density at radius 1 is 1.11 bits per heavy atom. The SMILES string of the molecule is Cc1ccc(CCc2ccc3c(c2)C(C)(C)CN3C(=O)C2CC(O)N(c3cccc(N)c3)C2)cn1. The summed E-state index contributed by atoms with van der Waals surface area (Å²) in [5, 5.41) is 10.7. The molecule has 182 valence electrons. The number of nitrogen functional groups attached to an aromatic ring is 1. The number of nitrogens with two attached hydrogens (primary N) is 1. The summed E-state index contributed by atoms with van der Waals surface area (Å²) >= 11 is 0. The third kappa shape index (κ3) is 4.63. The Bertz CT molecular complexity index is 1240. The van der Waals surface area contributed by atoms with Crippen molar-refractivity contribution >= 4 is 23.0 Å². The monoisotopic (exact) mass is 470 g/mol. The van der Waals surface area contributed by atoms with Gasteiger partial charge in [0.2, 0.25) is 5.91 Å². The molecule has 0 spiro atoms. The van der Waals surface area contributed by atoms with Crippen molar-refractivity contribution < 1.29 is 9.90 Å². The molecule has 0 aliphatic carbocycles. The average Bonchev–Trinajstić information content (AvgIpc) is 3.35. The van der Waals surface area contributed by atoms with E-state index in [1.165, 1.54) is 16.7 Å². The maximum atomic E-state index is 13.7. The van der Waals surface area contributed by atoms with Crippen LogP contribution < -0.4 is 15.5 Å². The largest absolute Gasteiger partial charge is 0.399 e. The number of aliphatic hydroxyl groups excluding tert-OH is 1. The van der Waals surface area contributed by atoms with Crippen LogP contribution in [0.4, 0.5) is 17.1 Å². The number of rotatable bonds is 5. The summed E-state index contributed by atoms with van der Waals surface area (Å²) < 4.78 is 0. The van der Waals surface area contributed by atoms with Crippen molar-refractivity contribution in [1.29, 1.82) is 0 Å². The van der Waals surface area contributed by atoms with Gasteiger partial charge in [0.25, 0.3) is 0 Å². The predicted octanol–water partition coefficient (Wildman–Crippen LogP) is 4.23. The van der Waals surface area contributed by atoms with Crippen LogP contribution in [0.15, 0.2) is 60.8 Å². The van der Waals surface area contributed by atoms with Gasteiger partial charge in [-0.05, 0) is 66.8 Å². The number of pyridine rings is 1. The van der Waals surface area contributed by atoms with Crippen LogP contribution in [0.1, 0.15) is 42.7 Å². The Balaban J connectivity index is 1.32. The zero-order valence-electron chi connectivity index (χ0n) is 20.7. The van der Waals surface area contributed by atoms with Crippen LogP contribution in [0.2, 0.25) is 0 Å². The van der Waals surface area contributed by atoms with Crippen LogP contribution >= 0.6 is 0 Å². The summed E-state index contributed by atoms with van der Waals surface area (Å²) in [5.41, 5.74) is 13.1. The fraction of sp³-hybridized carbons (Fsp3) is 0.379. The molecule has 2 aromatic carbocycles. The third-order valence-corrected chi connectivity index (χ3v) is 7.40. The van der Waals surface area contributed by atoms with E-state index < -0.39 is 6.23 Å². The molecule has 1 amide bonds. The summed E-state index contributed by atoms with van der Waals surface area (Å²) in [6, 6.07) is 18.2. The fourth-order valence-corrected chi connectivity index (χ4v) is 5.41. The highest BCUT2D eigenvalue weighted by atomic mass is 16.3. The second-order valence-corrected chi connectivity index (χ2v) is 10.6. The zero-order chi connectivity index (χ0) is 24.7. The van der Waals surface area contributed by atoms with Crippen molar-refractivity contribution in [2.24, 2.45) is 5.92 Å². The lowest BCUT2D eigenvalue weighted by Crippen LogP contribution is -2.39. The van der Waals surface area contributed by atoms with Gasteiger partial charge in [0, 0.05) is 53.9 Å². The van der Waals surface area contributed by atoms with Gasteiger partial charge in [-0.2, -0.15) is 0 Å². The number of amides is 1. The minimum absolute atomic E-state index is 0.0840. The molecule has 3 heterocycles. The second kappa shape index (κ2) is 9.00. The average molecular weight is 471 g/mol. The van der Waals surface area contributed by atoms with Crippen LogP contribution in [0, 0.1) is 12.8 Å². The summed E-state index contributed by atoms with van der Waals surface area (Å²) in [7, 11) is 0. The Morgan fingerprint density at radius 2 is 1.89 bits per heavy atom. The first kappa shape index (κ1) is 23.4. The molecule has 0 radical (unpaired) electrons. The van der Waals surface area contributed by atoms with Gasteiger partial charge in [-0.25, -0.2) is 0 Å². The fourth-order valence-electron chi connectivity index (χ4n) is 5.41. The van der Waals surface area contributed by atoms with E-state index in [0.717, 1.165) is 29.9 Å². The minimum atomic E-state index is -0.695. The molecule has 3 aromatic rings. The molecule has 3 N–H and O–H groups in total. The van der Waals surface area contributed by atoms with Gasteiger partial charge in [-0.3, -0.25) is 9.78 Å². The van der Waals surface area contributed by atoms with E-state index in [2.05, 4.69) is 49.2 Å². The normalized spacial score (nSPS) is 20.8. The molecule has 5 rings (SSSR count). The molecule has 1 aromatic heterocycles. The molecule has 35 heavy (non-hydrogen) atoms. The smallest absolute Gasteiger partial charge is 0.232 e. The van der Waals surface area contributed by atoms with Crippen LogP contribution in [-0.2, 0) is 23.1 Å². The quantitative estimate of drug-likeness (QED) is 0.546. The Hall–Kier alpha value is -3.38. The summed E-state index contributed by atoms with van der Waals surface area (Å²) in [6.07, 6.45) is 3.55. The highest BCUT2D eigenvalue weighted by molar-refractivity contribution is 5.98. The van der Waals surface area contributed by atoms with Crippen LogP contribution in [0.25, 0.3) is 0 Å². The maximum absolute atomic E-state index is 13.7. The number of aliphatic hydroxyl groups is 1. The molecule has 6 heteroatoms. The van der Waals surface area contributed by atoms with Crippen molar-refractivity contribution in [1.82, 2.24) is 4.98 Å². The van der Waals surface area contributed by atoms with Gasteiger partial charge < -0.3 is 20.6 Å². The first-order valence-corrected chi connectivity index (χ1v) is 12.4. The van der Waals surface area contributed by atoms with Crippen molar-refractivity contribution in [2.75, 3.05) is 28.6 Å². The number of fused-ring (bicyclic) bond motifs is 1.